The molecule has 5 rings (SSSR count). The first kappa shape index (κ1) is 28.9. The van der Waals surface area contributed by atoms with E-state index >= 15 is 0 Å². The summed E-state index contributed by atoms with van der Waals surface area (Å²) in [5.41, 5.74) is -0.0338. The number of nitriles is 1. The molecule has 1 saturated carbocycles. The van der Waals surface area contributed by atoms with Crippen molar-refractivity contribution in [1.29, 1.82) is 5.26 Å². The first-order chi connectivity index (χ1) is 19.5. The summed E-state index contributed by atoms with van der Waals surface area (Å²) in [6, 6.07) is 5.28. The van der Waals surface area contributed by atoms with Crippen LogP contribution in [-0.4, -0.2) is 84.5 Å². The minimum atomic E-state index is -1.81. The van der Waals surface area contributed by atoms with Crippen LogP contribution in [0.1, 0.15) is 24.4 Å². The fourth-order valence-electron chi connectivity index (χ4n) is 5.04. The summed E-state index contributed by atoms with van der Waals surface area (Å²) in [7, 11) is 0. The molecular weight excluding hydrogens is 571 g/mol. The lowest BCUT2D eigenvalue weighted by atomic mass is 9.85. The number of halogens is 4. The van der Waals surface area contributed by atoms with Crippen LogP contribution in [0.25, 0.3) is 11.3 Å². The molecule has 15 heteroatoms. The zero-order valence-electron chi connectivity index (χ0n) is 21.0. The largest absolute Gasteiger partial charge is 0.394 e. The quantitative estimate of drug-likeness (QED) is 0.310. The molecule has 1 amide bonds. The van der Waals surface area contributed by atoms with Crippen LogP contribution in [0, 0.1) is 28.8 Å². The number of ether oxygens (including phenoxy) is 1. The molecule has 216 valence electrons. The maximum absolute atomic E-state index is 14.0. The normalized spacial score (nSPS) is 27.6. The summed E-state index contributed by atoms with van der Waals surface area (Å²) in [5, 5.41) is 59.7. The standard InChI is InChI=1S/C26H23ClF3N5O6/c27-13-3-11(8-31)4-14(7-13)35(18-1-2-19(18)37)26(40)25-24(39)22(23(38)20(10-36)41-25)34-9-17(32-33-34)12-5-15(28)21(30)16(29)6-12/h3-7,9,18-20,22-25,36-39H,1-2,10H2/t18-,19-,20-,22+,23+,24-,25-/m1/s1. The molecule has 7 atom stereocenters. The lowest BCUT2D eigenvalue weighted by Crippen LogP contribution is -2.63. The van der Waals surface area contributed by atoms with Crippen molar-refractivity contribution < 1.29 is 43.1 Å². The number of carbonyl (C=O) groups is 1. The van der Waals surface area contributed by atoms with Crippen molar-refractivity contribution in [2.75, 3.05) is 11.5 Å². The minimum absolute atomic E-state index is 0.134. The zero-order valence-corrected chi connectivity index (χ0v) is 21.7. The van der Waals surface area contributed by atoms with Gasteiger partial charge in [-0.3, -0.25) is 4.79 Å². The summed E-state index contributed by atoms with van der Waals surface area (Å²) in [6.45, 7) is -0.772. The molecular formula is C26H23ClF3N5O6. The monoisotopic (exact) mass is 593 g/mol. The second kappa shape index (κ2) is 11.4. The lowest BCUT2D eigenvalue weighted by molar-refractivity contribution is -0.205. The molecule has 2 aromatic carbocycles. The van der Waals surface area contributed by atoms with Crippen molar-refractivity contribution in [1.82, 2.24) is 15.0 Å². The van der Waals surface area contributed by atoms with Crippen LogP contribution in [-0.2, 0) is 9.53 Å². The minimum Gasteiger partial charge on any atom is -0.394 e. The van der Waals surface area contributed by atoms with E-state index in [4.69, 9.17) is 16.3 Å². The van der Waals surface area contributed by atoms with Gasteiger partial charge in [-0.15, -0.1) is 5.10 Å². The number of nitrogens with zero attached hydrogens (tertiary/aromatic N) is 5. The van der Waals surface area contributed by atoms with Crippen molar-refractivity contribution in [3.63, 3.8) is 0 Å². The number of amides is 1. The summed E-state index contributed by atoms with van der Waals surface area (Å²) in [4.78, 5) is 15.1. The smallest absolute Gasteiger partial charge is 0.259 e. The fraction of sp³-hybridized carbons (Fsp3) is 0.385. The topological polar surface area (TPSA) is 165 Å². The number of aliphatic hydroxyl groups is 4. The van der Waals surface area contributed by atoms with Crippen molar-refractivity contribution in [2.45, 2.75) is 55.4 Å². The van der Waals surface area contributed by atoms with Gasteiger partial charge in [-0.25, -0.2) is 17.9 Å². The molecule has 4 N–H and O–H groups in total. The van der Waals surface area contributed by atoms with Gasteiger partial charge in [0.25, 0.3) is 5.91 Å². The highest BCUT2D eigenvalue weighted by Gasteiger charge is 2.51. The number of anilines is 1. The Kier molecular flexibility index (Phi) is 8.02. The van der Waals surface area contributed by atoms with Gasteiger partial charge < -0.3 is 30.1 Å². The summed E-state index contributed by atoms with van der Waals surface area (Å²) >= 11 is 6.16. The second-order valence-electron chi connectivity index (χ2n) is 9.82. The molecule has 11 nitrogen and oxygen atoms in total. The molecule has 2 heterocycles. The number of hydrogen-bond donors (Lipinski definition) is 4. The van der Waals surface area contributed by atoms with Gasteiger partial charge in [0, 0.05) is 16.3 Å². The van der Waals surface area contributed by atoms with E-state index in [0.29, 0.717) is 25.0 Å². The highest BCUT2D eigenvalue weighted by Crippen LogP contribution is 2.37. The highest BCUT2D eigenvalue weighted by atomic mass is 35.5. The predicted octanol–water partition coefficient (Wildman–Crippen LogP) is 1.47. The Morgan fingerprint density at radius 1 is 1.12 bits per heavy atom. The molecule has 2 aliphatic rings. The fourth-order valence-corrected chi connectivity index (χ4v) is 5.27. The zero-order chi connectivity index (χ0) is 29.6. The van der Waals surface area contributed by atoms with Gasteiger partial charge in [0.15, 0.2) is 23.6 Å². The van der Waals surface area contributed by atoms with Crippen molar-refractivity contribution in [3.8, 4) is 17.3 Å². The molecule has 2 fully saturated rings. The molecule has 41 heavy (non-hydrogen) atoms. The Bertz CT molecular complexity index is 1500. The number of rotatable bonds is 6. The van der Waals surface area contributed by atoms with Gasteiger partial charge >= 0.3 is 0 Å². The van der Waals surface area contributed by atoms with E-state index in [1.54, 1.807) is 0 Å². The van der Waals surface area contributed by atoms with Crippen LogP contribution < -0.4 is 4.90 Å². The number of carbonyl (C=O) groups excluding carboxylic acids is 1. The van der Waals surface area contributed by atoms with Gasteiger partial charge in [0.1, 0.15) is 30.0 Å². The Morgan fingerprint density at radius 3 is 2.41 bits per heavy atom. The molecule has 3 aromatic rings. The van der Waals surface area contributed by atoms with Crippen LogP contribution in [0.3, 0.4) is 0 Å². The molecule has 0 spiro atoms. The van der Waals surface area contributed by atoms with Gasteiger partial charge in [-0.1, -0.05) is 16.8 Å². The van der Waals surface area contributed by atoms with Crippen LogP contribution in [0.2, 0.25) is 5.02 Å². The Hall–Kier alpha value is -3.58. The number of benzene rings is 2. The van der Waals surface area contributed by atoms with E-state index < -0.39 is 72.6 Å². The molecule has 1 saturated heterocycles. The first-order valence-corrected chi connectivity index (χ1v) is 12.8. The highest BCUT2D eigenvalue weighted by molar-refractivity contribution is 6.31. The third-order valence-corrected chi connectivity index (χ3v) is 7.51. The van der Waals surface area contributed by atoms with Gasteiger partial charge in [0.05, 0.1) is 36.6 Å². The first-order valence-electron chi connectivity index (χ1n) is 12.4. The van der Waals surface area contributed by atoms with Gasteiger partial charge in [0.2, 0.25) is 0 Å². The Balaban J connectivity index is 1.51. The van der Waals surface area contributed by atoms with Crippen molar-refractivity contribution >= 4 is 23.2 Å². The van der Waals surface area contributed by atoms with E-state index in [2.05, 4.69) is 10.3 Å². The van der Waals surface area contributed by atoms with E-state index in [-0.39, 0.29) is 27.5 Å². The van der Waals surface area contributed by atoms with Crippen LogP contribution in [0.4, 0.5) is 18.9 Å². The average Bonchev–Trinajstić information content (AvgIpc) is 3.42. The SMILES string of the molecule is N#Cc1cc(Cl)cc(N(C(=O)[C@@H]2O[C@H](CO)[C@H](O)[C@H](n3cc(-c4cc(F)c(F)c(F)c4)nn3)[C@H]2O)[C@@H]2CC[C@H]2O)c1. The van der Waals surface area contributed by atoms with Gasteiger partial charge in [-0.2, -0.15) is 5.26 Å². The van der Waals surface area contributed by atoms with E-state index in [1.807, 2.05) is 6.07 Å². The predicted molar refractivity (Wildman–Crippen MR) is 135 cm³/mol. The van der Waals surface area contributed by atoms with E-state index in [9.17, 15) is 43.7 Å². The van der Waals surface area contributed by atoms with Gasteiger partial charge in [-0.05, 0) is 43.2 Å². The van der Waals surface area contributed by atoms with Crippen molar-refractivity contribution in [2.24, 2.45) is 0 Å². The van der Waals surface area contributed by atoms with E-state index in [0.717, 1.165) is 15.8 Å². The van der Waals surface area contributed by atoms with Crippen LogP contribution in [0.15, 0.2) is 36.5 Å². The molecule has 1 aliphatic carbocycles. The molecule has 0 bridgehead atoms. The second-order valence-corrected chi connectivity index (χ2v) is 10.3. The summed E-state index contributed by atoms with van der Waals surface area (Å²) < 4.78 is 47.6. The summed E-state index contributed by atoms with van der Waals surface area (Å²) in [5.74, 6) is -5.46. The van der Waals surface area contributed by atoms with E-state index in [1.165, 1.54) is 18.2 Å². The van der Waals surface area contributed by atoms with Crippen LogP contribution in [0.5, 0.6) is 0 Å². The molecule has 0 radical (unpaired) electrons. The summed E-state index contributed by atoms with van der Waals surface area (Å²) in [6.07, 6.45) is -5.58. The lowest BCUT2D eigenvalue weighted by Gasteiger charge is -2.46. The third-order valence-electron chi connectivity index (χ3n) is 7.29. The molecule has 1 aromatic heterocycles. The number of hydrogen-bond acceptors (Lipinski definition) is 9. The molecule has 1 aliphatic heterocycles. The van der Waals surface area contributed by atoms with Crippen molar-refractivity contribution in [3.05, 3.63) is 64.6 Å². The maximum atomic E-state index is 14.0. The number of aliphatic hydroxyl groups excluding tert-OH is 4. The van der Waals surface area contributed by atoms with Crippen LogP contribution >= 0.6 is 11.6 Å². The Morgan fingerprint density at radius 2 is 1.83 bits per heavy atom. The average molecular weight is 594 g/mol. The Labute approximate surface area is 235 Å². The number of aromatic nitrogens is 3. The third kappa shape index (κ3) is 5.28. The molecule has 0 unspecified atom stereocenters. The maximum Gasteiger partial charge on any atom is 0.259 e.